The van der Waals surface area contributed by atoms with Crippen molar-refractivity contribution in [2.75, 3.05) is 87.3 Å². The standard InChI is InChI=1S/C29H45N7O11S/c1-39-17-28(38)30-9-6-11-40-18-42-20-44-22-46-24-47-23-45-21-43-19-41-12-10-36-16-26(34-35-36)15-31-27(37)8-5-3-4-7-25-13-32-29(48-2)33-14-25/h13-14,16H,3,5-6,8-12,15,17-24H2,1-2H3,(H,30,38)(H,31,37). The summed E-state index contributed by atoms with van der Waals surface area (Å²) in [7, 11) is 1.46. The van der Waals surface area contributed by atoms with Crippen molar-refractivity contribution in [2.45, 2.75) is 43.9 Å². The molecule has 19 heteroatoms. The van der Waals surface area contributed by atoms with E-state index >= 15 is 0 Å². The monoisotopic (exact) mass is 699 g/mol. The number of nitrogens with one attached hydrogen (secondary N) is 2. The summed E-state index contributed by atoms with van der Waals surface area (Å²) in [6, 6.07) is 0. The number of ether oxygens (including phenoxy) is 9. The molecular weight excluding hydrogens is 654 g/mol. The molecule has 2 heterocycles. The second-order valence-electron chi connectivity index (χ2n) is 9.37. The number of aromatic nitrogens is 5. The lowest BCUT2D eigenvalue weighted by Gasteiger charge is -2.09. The highest BCUT2D eigenvalue weighted by atomic mass is 32.2. The molecule has 0 spiro atoms. The molecule has 0 aromatic carbocycles. The van der Waals surface area contributed by atoms with Crippen LogP contribution in [-0.4, -0.2) is 124 Å². The van der Waals surface area contributed by atoms with Crippen LogP contribution in [0, 0.1) is 11.8 Å². The van der Waals surface area contributed by atoms with E-state index in [0.29, 0.717) is 62.8 Å². The molecule has 18 nitrogen and oxygen atoms in total. The Morgan fingerprint density at radius 2 is 1.46 bits per heavy atom. The lowest BCUT2D eigenvalue weighted by atomic mass is 10.2. The first-order valence-corrected chi connectivity index (χ1v) is 16.2. The largest absolute Gasteiger partial charge is 0.375 e. The van der Waals surface area contributed by atoms with Gasteiger partial charge in [-0.2, -0.15) is 0 Å². The predicted molar refractivity (Wildman–Crippen MR) is 168 cm³/mol. The van der Waals surface area contributed by atoms with E-state index in [9.17, 15) is 9.59 Å². The van der Waals surface area contributed by atoms with Crippen LogP contribution < -0.4 is 10.6 Å². The molecule has 2 rings (SSSR count). The van der Waals surface area contributed by atoms with Gasteiger partial charge >= 0.3 is 0 Å². The SMILES string of the molecule is COCC(=O)NCCCOCOCOCOCOCOCOCOCCn1cc(CNC(=O)CCCC#Cc2cnc(SC)nc2)nn1. The molecule has 0 fully saturated rings. The molecule has 0 bridgehead atoms. The predicted octanol–water partition coefficient (Wildman–Crippen LogP) is 0.616. The number of thioether (sulfide) groups is 1. The fourth-order valence-electron chi connectivity index (χ4n) is 3.27. The maximum Gasteiger partial charge on any atom is 0.245 e. The molecule has 2 N–H and O–H groups in total. The van der Waals surface area contributed by atoms with Gasteiger partial charge in [0.05, 0.1) is 38.1 Å². The zero-order valence-corrected chi connectivity index (χ0v) is 28.2. The number of unbranched alkanes of at least 4 members (excludes halogenated alkanes) is 1. The van der Waals surface area contributed by atoms with Crippen molar-refractivity contribution in [2.24, 2.45) is 0 Å². The minimum Gasteiger partial charge on any atom is -0.375 e. The van der Waals surface area contributed by atoms with E-state index in [0.717, 1.165) is 5.56 Å². The van der Waals surface area contributed by atoms with Gasteiger partial charge in [0.15, 0.2) is 39.1 Å². The molecule has 0 saturated heterocycles. The van der Waals surface area contributed by atoms with Gasteiger partial charge in [0.1, 0.15) is 25.9 Å². The molecule has 268 valence electrons. The summed E-state index contributed by atoms with van der Waals surface area (Å²) >= 11 is 1.47. The van der Waals surface area contributed by atoms with Gasteiger partial charge in [0.2, 0.25) is 11.8 Å². The van der Waals surface area contributed by atoms with E-state index in [1.165, 1.54) is 18.9 Å². The first-order chi connectivity index (χ1) is 23.6. The molecule has 0 aliphatic carbocycles. The topological polar surface area (TPSA) is 198 Å². The fourth-order valence-corrected chi connectivity index (χ4v) is 3.59. The Morgan fingerprint density at radius 1 is 0.833 bits per heavy atom. The van der Waals surface area contributed by atoms with E-state index in [2.05, 4.69) is 42.8 Å². The molecule has 2 aromatic rings. The first kappa shape index (κ1) is 40.9. The van der Waals surface area contributed by atoms with E-state index in [4.69, 9.17) is 42.6 Å². The zero-order valence-electron chi connectivity index (χ0n) is 27.4. The minimum absolute atomic E-state index is 0.00471. The van der Waals surface area contributed by atoms with Crippen LogP contribution in [0.3, 0.4) is 0 Å². The number of amides is 2. The lowest BCUT2D eigenvalue weighted by Crippen LogP contribution is -2.28. The van der Waals surface area contributed by atoms with Crippen molar-refractivity contribution in [3.63, 3.8) is 0 Å². The minimum atomic E-state index is -0.166. The molecule has 0 unspecified atom stereocenters. The molecule has 0 radical (unpaired) electrons. The van der Waals surface area contributed by atoms with Gasteiger partial charge in [-0.3, -0.25) is 9.59 Å². The van der Waals surface area contributed by atoms with Crippen LogP contribution >= 0.6 is 11.8 Å². The summed E-state index contributed by atoms with van der Waals surface area (Å²) in [4.78, 5) is 31.6. The molecular formula is C29H45N7O11S. The van der Waals surface area contributed by atoms with E-state index in [1.807, 2.05) is 6.26 Å². The molecule has 0 aliphatic heterocycles. The summed E-state index contributed by atoms with van der Waals surface area (Å²) in [6.45, 7) is 2.04. The van der Waals surface area contributed by atoms with E-state index in [-0.39, 0.29) is 72.5 Å². The maximum absolute atomic E-state index is 12.1. The zero-order chi connectivity index (χ0) is 34.3. The molecule has 0 atom stereocenters. The van der Waals surface area contributed by atoms with Crippen LogP contribution in [0.25, 0.3) is 0 Å². The van der Waals surface area contributed by atoms with Gasteiger partial charge in [-0.25, -0.2) is 14.6 Å². The second kappa shape index (κ2) is 28.7. The number of carbonyl (C=O) groups excluding carboxylic acids is 2. The normalized spacial score (nSPS) is 10.9. The third kappa shape index (κ3) is 22.3. The second-order valence-corrected chi connectivity index (χ2v) is 10.1. The van der Waals surface area contributed by atoms with Crippen LogP contribution in [0.5, 0.6) is 0 Å². The first-order valence-electron chi connectivity index (χ1n) is 15.0. The lowest BCUT2D eigenvalue weighted by molar-refractivity contribution is -0.221. The van der Waals surface area contributed by atoms with Crippen molar-refractivity contribution in [3.8, 4) is 11.8 Å². The summed E-state index contributed by atoms with van der Waals surface area (Å²) < 4.78 is 47.8. The highest BCUT2D eigenvalue weighted by Gasteiger charge is 2.05. The van der Waals surface area contributed by atoms with Crippen molar-refractivity contribution in [1.82, 2.24) is 35.6 Å². The summed E-state index contributed by atoms with van der Waals surface area (Å²) in [5.74, 6) is 5.80. The highest BCUT2D eigenvalue weighted by Crippen LogP contribution is 2.06. The van der Waals surface area contributed by atoms with Crippen LogP contribution in [-0.2, 0) is 65.3 Å². The summed E-state index contributed by atoms with van der Waals surface area (Å²) in [6.07, 6.45) is 9.31. The van der Waals surface area contributed by atoms with Gasteiger partial charge in [-0.05, 0) is 19.1 Å². The Bertz CT molecular complexity index is 1180. The Morgan fingerprint density at radius 3 is 2.08 bits per heavy atom. The van der Waals surface area contributed by atoms with Gasteiger partial charge in [-0.15, -0.1) is 5.10 Å². The molecule has 0 saturated carbocycles. The Balaban J connectivity index is 1.31. The Hall–Kier alpha value is -3.29. The third-order valence-electron chi connectivity index (χ3n) is 5.50. The Kier molecular flexibility index (Phi) is 24.4. The summed E-state index contributed by atoms with van der Waals surface area (Å²) in [5.41, 5.74) is 1.40. The van der Waals surface area contributed by atoms with Crippen LogP contribution in [0.4, 0.5) is 0 Å². The molecule has 2 aromatic heterocycles. The summed E-state index contributed by atoms with van der Waals surface area (Å²) in [5, 5.41) is 14.3. The van der Waals surface area contributed by atoms with Gasteiger partial charge < -0.3 is 53.3 Å². The van der Waals surface area contributed by atoms with Crippen molar-refractivity contribution in [1.29, 1.82) is 0 Å². The molecule has 2 amide bonds. The fraction of sp³-hybridized carbons (Fsp3) is 0.655. The average molecular weight is 700 g/mol. The third-order valence-corrected chi connectivity index (χ3v) is 6.07. The van der Waals surface area contributed by atoms with E-state index in [1.54, 1.807) is 23.3 Å². The maximum atomic E-state index is 12.1. The average Bonchev–Trinajstić information content (AvgIpc) is 3.56. The number of methoxy groups -OCH3 is 1. The van der Waals surface area contributed by atoms with E-state index < -0.39 is 0 Å². The quantitative estimate of drug-likeness (QED) is 0.0394. The Labute approximate surface area is 284 Å². The number of hydrogen-bond donors (Lipinski definition) is 2. The number of carbonyl (C=O) groups is 2. The highest BCUT2D eigenvalue weighted by molar-refractivity contribution is 7.98. The van der Waals surface area contributed by atoms with Crippen LogP contribution in [0.15, 0.2) is 23.7 Å². The van der Waals surface area contributed by atoms with Crippen molar-refractivity contribution < 1.29 is 52.2 Å². The van der Waals surface area contributed by atoms with Crippen molar-refractivity contribution in [3.05, 3.63) is 29.8 Å². The van der Waals surface area contributed by atoms with Crippen LogP contribution in [0.2, 0.25) is 0 Å². The van der Waals surface area contributed by atoms with Crippen LogP contribution in [0.1, 0.15) is 36.9 Å². The smallest absolute Gasteiger partial charge is 0.245 e. The molecule has 48 heavy (non-hydrogen) atoms. The van der Waals surface area contributed by atoms with Gasteiger partial charge in [0.25, 0.3) is 0 Å². The number of hydrogen-bond acceptors (Lipinski definition) is 16. The number of nitrogens with zero attached hydrogens (tertiary/aromatic N) is 5. The molecule has 0 aliphatic rings. The number of rotatable bonds is 29. The van der Waals surface area contributed by atoms with Crippen molar-refractivity contribution >= 4 is 23.6 Å². The van der Waals surface area contributed by atoms with Gasteiger partial charge in [0, 0.05) is 38.9 Å². The van der Waals surface area contributed by atoms with Gasteiger partial charge in [-0.1, -0.05) is 28.8 Å².